The number of carbonyl (C=O) groups is 1. The highest BCUT2D eigenvalue weighted by molar-refractivity contribution is 5.91. The van der Waals surface area contributed by atoms with Crippen molar-refractivity contribution in [3.05, 3.63) is 53.6 Å². The van der Waals surface area contributed by atoms with Crippen molar-refractivity contribution < 1.29 is 14.3 Å². The third kappa shape index (κ3) is 3.45. The number of fused-ring (bicyclic) bond motifs is 1. The number of rotatable bonds is 4. The lowest BCUT2D eigenvalue weighted by Gasteiger charge is -2.27. The number of ether oxygens (including phenoxy) is 2. The van der Waals surface area contributed by atoms with Gasteiger partial charge >= 0.3 is 6.03 Å². The lowest BCUT2D eigenvalue weighted by Crippen LogP contribution is -2.34. The topological polar surface area (TPSA) is 59.6 Å². The number of urea groups is 1. The molecule has 24 heavy (non-hydrogen) atoms. The van der Waals surface area contributed by atoms with Gasteiger partial charge in [-0.1, -0.05) is 18.2 Å². The molecule has 1 unspecified atom stereocenters. The van der Waals surface area contributed by atoms with Gasteiger partial charge < -0.3 is 20.1 Å². The van der Waals surface area contributed by atoms with Crippen LogP contribution in [0.1, 0.15) is 30.0 Å². The molecule has 1 aliphatic carbocycles. The van der Waals surface area contributed by atoms with Crippen LogP contribution in [0.5, 0.6) is 11.5 Å². The van der Waals surface area contributed by atoms with Gasteiger partial charge in [-0.3, -0.25) is 0 Å². The van der Waals surface area contributed by atoms with E-state index >= 15 is 0 Å². The first-order valence-electron chi connectivity index (χ1n) is 8.08. The maximum absolute atomic E-state index is 12.4. The maximum atomic E-state index is 12.4. The molecule has 0 radical (unpaired) electrons. The Morgan fingerprint density at radius 3 is 2.75 bits per heavy atom. The molecule has 0 bridgehead atoms. The molecular weight excluding hydrogens is 304 g/mol. The van der Waals surface area contributed by atoms with E-state index in [0.29, 0.717) is 11.4 Å². The number of para-hydroxylation sites is 2. The molecular formula is C19H22N2O3. The minimum absolute atomic E-state index is 0.00867. The molecule has 5 nitrogen and oxygen atoms in total. The van der Waals surface area contributed by atoms with E-state index in [0.717, 1.165) is 30.6 Å². The number of aryl methyl sites for hydroxylation is 1. The Balaban J connectivity index is 1.72. The summed E-state index contributed by atoms with van der Waals surface area (Å²) in [5.74, 6) is 1.49. The molecule has 1 atom stereocenters. The Morgan fingerprint density at radius 1 is 1.12 bits per heavy atom. The zero-order valence-corrected chi connectivity index (χ0v) is 14.0. The van der Waals surface area contributed by atoms with Crippen molar-refractivity contribution in [2.45, 2.75) is 25.3 Å². The highest BCUT2D eigenvalue weighted by atomic mass is 16.5. The van der Waals surface area contributed by atoms with Crippen LogP contribution in [0, 0.1) is 0 Å². The number of amides is 2. The van der Waals surface area contributed by atoms with Crippen LogP contribution < -0.4 is 20.1 Å². The van der Waals surface area contributed by atoms with E-state index in [1.54, 1.807) is 14.2 Å². The van der Waals surface area contributed by atoms with E-state index in [4.69, 9.17) is 9.47 Å². The second-order valence-corrected chi connectivity index (χ2v) is 5.81. The van der Waals surface area contributed by atoms with E-state index in [2.05, 4.69) is 16.7 Å². The van der Waals surface area contributed by atoms with Crippen LogP contribution in [-0.4, -0.2) is 20.3 Å². The van der Waals surface area contributed by atoms with Crippen LogP contribution in [0.15, 0.2) is 42.5 Å². The maximum Gasteiger partial charge on any atom is 0.319 e. The number of anilines is 1. The van der Waals surface area contributed by atoms with Crippen LogP contribution in [0.25, 0.3) is 0 Å². The van der Waals surface area contributed by atoms with Gasteiger partial charge in [-0.15, -0.1) is 0 Å². The fraction of sp³-hybridized carbons (Fsp3) is 0.316. The molecule has 0 saturated heterocycles. The van der Waals surface area contributed by atoms with Crippen molar-refractivity contribution in [1.29, 1.82) is 0 Å². The Hall–Kier alpha value is -2.69. The highest BCUT2D eigenvalue weighted by Crippen LogP contribution is 2.32. The minimum atomic E-state index is -0.229. The van der Waals surface area contributed by atoms with Crippen LogP contribution in [-0.2, 0) is 6.42 Å². The summed E-state index contributed by atoms with van der Waals surface area (Å²) in [5, 5.41) is 5.93. The monoisotopic (exact) mass is 326 g/mol. The Labute approximate surface area is 142 Å². The summed E-state index contributed by atoms with van der Waals surface area (Å²) >= 11 is 0. The fourth-order valence-electron chi connectivity index (χ4n) is 3.13. The van der Waals surface area contributed by atoms with Crippen molar-refractivity contribution in [3.63, 3.8) is 0 Å². The first-order chi connectivity index (χ1) is 11.7. The van der Waals surface area contributed by atoms with Gasteiger partial charge in [0.2, 0.25) is 0 Å². The van der Waals surface area contributed by atoms with Crippen molar-refractivity contribution in [3.8, 4) is 11.5 Å². The number of hydrogen-bond donors (Lipinski definition) is 2. The second kappa shape index (κ2) is 7.25. The van der Waals surface area contributed by atoms with Crippen molar-refractivity contribution in [2.75, 3.05) is 19.5 Å². The third-order valence-electron chi connectivity index (χ3n) is 4.32. The molecule has 0 aliphatic heterocycles. The first kappa shape index (κ1) is 16.2. The SMILES string of the molecule is COc1ccc2c(c1)CCCC2NC(=O)Nc1ccccc1OC. The molecule has 0 heterocycles. The van der Waals surface area contributed by atoms with Gasteiger partial charge in [0.15, 0.2) is 0 Å². The predicted molar refractivity (Wildman–Crippen MR) is 93.8 cm³/mol. The van der Waals surface area contributed by atoms with Crippen LogP contribution in [0.3, 0.4) is 0 Å². The second-order valence-electron chi connectivity index (χ2n) is 5.81. The van der Waals surface area contributed by atoms with E-state index < -0.39 is 0 Å². The lowest BCUT2D eigenvalue weighted by molar-refractivity contribution is 0.247. The molecule has 0 saturated carbocycles. The summed E-state index contributed by atoms with van der Waals surface area (Å²) in [6, 6.07) is 13.2. The number of nitrogens with one attached hydrogen (secondary N) is 2. The summed E-state index contributed by atoms with van der Waals surface area (Å²) in [5.41, 5.74) is 3.06. The Bertz CT molecular complexity index is 730. The predicted octanol–water partition coefficient (Wildman–Crippen LogP) is 3.90. The smallest absolute Gasteiger partial charge is 0.319 e. The van der Waals surface area contributed by atoms with E-state index in [9.17, 15) is 4.79 Å². The largest absolute Gasteiger partial charge is 0.497 e. The molecule has 2 aromatic rings. The van der Waals surface area contributed by atoms with E-state index in [1.165, 1.54) is 5.56 Å². The highest BCUT2D eigenvalue weighted by Gasteiger charge is 2.22. The molecule has 2 amide bonds. The van der Waals surface area contributed by atoms with Crippen LogP contribution in [0.4, 0.5) is 10.5 Å². The summed E-state index contributed by atoms with van der Waals surface area (Å²) in [4.78, 5) is 12.4. The van der Waals surface area contributed by atoms with Gasteiger partial charge in [0.1, 0.15) is 11.5 Å². The number of methoxy groups -OCH3 is 2. The number of hydrogen-bond acceptors (Lipinski definition) is 3. The molecule has 1 aliphatic rings. The molecule has 0 fully saturated rings. The van der Waals surface area contributed by atoms with Crippen LogP contribution in [0.2, 0.25) is 0 Å². The molecule has 126 valence electrons. The van der Waals surface area contributed by atoms with Crippen molar-refractivity contribution in [1.82, 2.24) is 5.32 Å². The Kier molecular flexibility index (Phi) is 4.89. The van der Waals surface area contributed by atoms with E-state index in [-0.39, 0.29) is 12.1 Å². The van der Waals surface area contributed by atoms with Gasteiger partial charge in [-0.2, -0.15) is 0 Å². The van der Waals surface area contributed by atoms with Crippen LogP contribution >= 0.6 is 0 Å². The average molecular weight is 326 g/mol. The first-order valence-corrected chi connectivity index (χ1v) is 8.08. The van der Waals surface area contributed by atoms with E-state index in [1.807, 2.05) is 36.4 Å². The normalized spacial score (nSPS) is 16.0. The van der Waals surface area contributed by atoms with Gasteiger partial charge in [-0.05, 0) is 54.7 Å². The molecule has 0 aromatic heterocycles. The summed E-state index contributed by atoms with van der Waals surface area (Å²) in [6.07, 6.45) is 2.98. The zero-order valence-electron chi connectivity index (χ0n) is 14.0. The Morgan fingerprint density at radius 2 is 1.96 bits per heavy atom. The quantitative estimate of drug-likeness (QED) is 0.896. The number of benzene rings is 2. The third-order valence-corrected chi connectivity index (χ3v) is 4.32. The summed E-state index contributed by atoms with van der Waals surface area (Å²) in [7, 11) is 3.25. The van der Waals surface area contributed by atoms with Gasteiger partial charge in [-0.25, -0.2) is 4.79 Å². The van der Waals surface area contributed by atoms with Crippen molar-refractivity contribution in [2.24, 2.45) is 0 Å². The zero-order chi connectivity index (χ0) is 16.9. The average Bonchev–Trinajstić information content (AvgIpc) is 2.62. The standard InChI is InChI=1S/C19H22N2O3/c1-23-14-10-11-15-13(12-14)6-5-8-16(15)20-19(22)21-17-7-3-4-9-18(17)24-2/h3-4,7,9-12,16H,5-6,8H2,1-2H3,(H2,20,21,22). The lowest BCUT2D eigenvalue weighted by atomic mass is 9.87. The summed E-state index contributed by atoms with van der Waals surface area (Å²) in [6.45, 7) is 0. The van der Waals surface area contributed by atoms with Crippen molar-refractivity contribution >= 4 is 11.7 Å². The minimum Gasteiger partial charge on any atom is -0.497 e. The fourth-order valence-corrected chi connectivity index (χ4v) is 3.13. The molecule has 2 N–H and O–H groups in total. The summed E-state index contributed by atoms with van der Waals surface area (Å²) < 4.78 is 10.5. The molecule has 0 spiro atoms. The number of carbonyl (C=O) groups excluding carboxylic acids is 1. The molecule has 5 heteroatoms. The van der Waals surface area contributed by atoms with Gasteiger partial charge in [0.05, 0.1) is 25.9 Å². The van der Waals surface area contributed by atoms with Gasteiger partial charge in [0, 0.05) is 0 Å². The molecule has 3 rings (SSSR count). The van der Waals surface area contributed by atoms with Gasteiger partial charge in [0.25, 0.3) is 0 Å². The molecule has 2 aromatic carbocycles.